The molecule has 0 saturated heterocycles. The molecule has 0 fully saturated rings. The largest absolute Gasteiger partial charge is 0.390 e. The van der Waals surface area contributed by atoms with Gasteiger partial charge in [-0.1, -0.05) is 89.7 Å². The SMILES string of the molecule is CC/C=C/CCCCCCCCCCCCCCCC1=NCC[N+]1(CC)CCO. The minimum atomic E-state index is 0.281. The second-order valence-corrected chi connectivity index (χ2v) is 8.94. The van der Waals surface area contributed by atoms with Gasteiger partial charge in [0.05, 0.1) is 19.7 Å². The molecule has 1 aliphatic heterocycles. The van der Waals surface area contributed by atoms with Gasteiger partial charge in [-0.15, -0.1) is 0 Å². The molecule has 0 radical (unpaired) electrons. The lowest BCUT2D eigenvalue weighted by atomic mass is 10.0. The van der Waals surface area contributed by atoms with Gasteiger partial charge in [-0.05, 0) is 32.6 Å². The molecular formula is C26H51N2O+. The number of likely N-dealkylation sites (N-methyl/N-ethyl adjacent to an activating group) is 1. The summed E-state index contributed by atoms with van der Waals surface area (Å²) < 4.78 is 0.951. The third-order valence-corrected chi connectivity index (χ3v) is 6.68. The molecule has 0 amide bonds. The highest BCUT2D eigenvalue weighted by Crippen LogP contribution is 2.20. The second kappa shape index (κ2) is 18.1. The molecule has 1 rings (SSSR count). The van der Waals surface area contributed by atoms with E-state index in [9.17, 15) is 5.11 Å². The highest BCUT2D eigenvalue weighted by atomic mass is 16.3. The third-order valence-electron chi connectivity index (χ3n) is 6.68. The Kier molecular flexibility index (Phi) is 16.5. The average Bonchev–Trinajstić information content (AvgIpc) is 3.13. The van der Waals surface area contributed by atoms with Gasteiger partial charge in [-0.3, -0.25) is 4.48 Å². The van der Waals surface area contributed by atoms with Gasteiger partial charge in [0.1, 0.15) is 13.1 Å². The van der Waals surface area contributed by atoms with Gasteiger partial charge in [0.2, 0.25) is 0 Å². The van der Waals surface area contributed by atoms with Crippen molar-refractivity contribution in [2.45, 2.75) is 117 Å². The second-order valence-electron chi connectivity index (χ2n) is 8.94. The molecule has 1 atom stereocenters. The predicted molar refractivity (Wildman–Crippen MR) is 129 cm³/mol. The first-order valence-electron chi connectivity index (χ1n) is 12.9. The number of quaternary nitrogens is 1. The van der Waals surface area contributed by atoms with Crippen LogP contribution in [0.25, 0.3) is 0 Å². The lowest BCUT2D eigenvalue weighted by Gasteiger charge is -2.33. The first kappa shape index (κ1) is 26.4. The molecule has 3 nitrogen and oxygen atoms in total. The van der Waals surface area contributed by atoms with Crippen LogP contribution in [0.3, 0.4) is 0 Å². The number of aliphatic hydroxyl groups excluding tert-OH is 1. The molecule has 170 valence electrons. The van der Waals surface area contributed by atoms with Crippen LogP contribution in [0.4, 0.5) is 0 Å². The Hall–Kier alpha value is -0.670. The van der Waals surface area contributed by atoms with Crippen LogP contribution < -0.4 is 0 Å². The van der Waals surface area contributed by atoms with Crippen molar-refractivity contribution < 1.29 is 9.59 Å². The molecule has 3 heteroatoms. The highest BCUT2D eigenvalue weighted by molar-refractivity contribution is 5.76. The van der Waals surface area contributed by atoms with E-state index in [1.54, 1.807) is 0 Å². The van der Waals surface area contributed by atoms with Gasteiger partial charge in [0, 0.05) is 6.42 Å². The summed E-state index contributed by atoms with van der Waals surface area (Å²) in [7, 11) is 0. The molecule has 0 aromatic carbocycles. The molecule has 0 aromatic heterocycles. The normalized spacial score (nSPS) is 19.3. The van der Waals surface area contributed by atoms with Crippen molar-refractivity contribution in [1.29, 1.82) is 0 Å². The van der Waals surface area contributed by atoms with Crippen LogP contribution in [-0.2, 0) is 0 Å². The van der Waals surface area contributed by atoms with Crippen molar-refractivity contribution in [1.82, 2.24) is 0 Å². The van der Waals surface area contributed by atoms with Gasteiger partial charge >= 0.3 is 0 Å². The number of allylic oxidation sites excluding steroid dienone is 2. The molecule has 0 aromatic rings. The summed E-state index contributed by atoms with van der Waals surface area (Å²) >= 11 is 0. The van der Waals surface area contributed by atoms with E-state index in [4.69, 9.17) is 4.99 Å². The lowest BCUT2D eigenvalue weighted by Crippen LogP contribution is -2.52. The Bertz CT molecular complexity index is 432. The zero-order valence-electron chi connectivity index (χ0n) is 19.8. The summed E-state index contributed by atoms with van der Waals surface area (Å²) in [4.78, 5) is 4.76. The molecule has 1 unspecified atom stereocenters. The minimum absolute atomic E-state index is 0.281. The summed E-state index contributed by atoms with van der Waals surface area (Å²) in [6.07, 6.45) is 26.5. The maximum Gasteiger partial charge on any atom is 0.198 e. The summed E-state index contributed by atoms with van der Waals surface area (Å²) in [6, 6.07) is 0. The van der Waals surface area contributed by atoms with Crippen LogP contribution in [0, 0.1) is 0 Å². The maximum absolute atomic E-state index is 9.39. The van der Waals surface area contributed by atoms with Crippen molar-refractivity contribution >= 4 is 5.84 Å². The summed E-state index contributed by atoms with van der Waals surface area (Å²) in [5.41, 5.74) is 0. The first-order chi connectivity index (χ1) is 14.3. The van der Waals surface area contributed by atoms with Crippen molar-refractivity contribution in [3.05, 3.63) is 12.2 Å². The average molecular weight is 408 g/mol. The Morgan fingerprint density at radius 3 is 1.86 bits per heavy atom. The number of nitrogens with zero attached hydrogens (tertiary/aromatic N) is 2. The van der Waals surface area contributed by atoms with E-state index in [0.717, 1.165) is 37.1 Å². The fraction of sp³-hybridized carbons (Fsp3) is 0.885. The predicted octanol–water partition coefficient (Wildman–Crippen LogP) is 7.05. The Morgan fingerprint density at radius 1 is 0.793 bits per heavy atom. The smallest absolute Gasteiger partial charge is 0.198 e. The van der Waals surface area contributed by atoms with E-state index in [0.29, 0.717) is 0 Å². The summed E-state index contributed by atoms with van der Waals surface area (Å²) in [5.74, 6) is 1.36. The van der Waals surface area contributed by atoms with Crippen molar-refractivity contribution in [3.63, 3.8) is 0 Å². The molecule has 1 N–H and O–H groups in total. The van der Waals surface area contributed by atoms with E-state index < -0.39 is 0 Å². The molecule has 0 aliphatic carbocycles. The van der Waals surface area contributed by atoms with Crippen LogP contribution in [0.15, 0.2) is 17.1 Å². The molecular weight excluding hydrogens is 356 g/mol. The number of aliphatic imine (C=N–C) groups is 1. The number of hydrogen-bond donors (Lipinski definition) is 1. The van der Waals surface area contributed by atoms with Gasteiger partial charge < -0.3 is 5.11 Å². The highest BCUT2D eigenvalue weighted by Gasteiger charge is 2.35. The van der Waals surface area contributed by atoms with Crippen LogP contribution in [-0.4, -0.2) is 48.2 Å². The quantitative estimate of drug-likeness (QED) is 0.131. The maximum atomic E-state index is 9.39. The van der Waals surface area contributed by atoms with Gasteiger partial charge in [-0.2, -0.15) is 0 Å². The number of unbranched alkanes of at least 4 members (excludes halogenated alkanes) is 13. The topological polar surface area (TPSA) is 32.6 Å². The summed E-state index contributed by atoms with van der Waals surface area (Å²) in [5, 5.41) is 9.39. The van der Waals surface area contributed by atoms with Gasteiger partial charge in [0.15, 0.2) is 5.84 Å². The first-order valence-corrected chi connectivity index (χ1v) is 12.9. The Balaban J connectivity index is 1.85. The molecule has 29 heavy (non-hydrogen) atoms. The van der Waals surface area contributed by atoms with Crippen molar-refractivity contribution in [2.24, 2.45) is 4.99 Å². The van der Waals surface area contributed by atoms with Crippen molar-refractivity contribution in [2.75, 3.05) is 32.8 Å². The number of aliphatic hydroxyl groups is 1. The number of hydrogen-bond acceptors (Lipinski definition) is 2. The fourth-order valence-electron chi connectivity index (χ4n) is 4.67. The Morgan fingerprint density at radius 2 is 1.34 bits per heavy atom. The van der Waals surface area contributed by atoms with E-state index >= 15 is 0 Å². The third kappa shape index (κ3) is 11.9. The molecule has 0 spiro atoms. The van der Waals surface area contributed by atoms with Crippen LogP contribution in [0.5, 0.6) is 0 Å². The zero-order chi connectivity index (χ0) is 21.0. The Labute approximate surface area is 182 Å². The van der Waals surface area contributed by atoms with E-state index in [2.05, 4.69) is 26.0 Å². The fourth-order valence-corrected chi connectivity index (χ4v) is 4.67. The van der Waals surface area contributed by atoms with E-state index in [1.807, 2.05) is 0 Å². The molecule has 1 heterocycles. The van der Waals surface area contributed by atoms with Crippen molar-refractivity contribution in [3.8, 4) is 0 Å². The molecule has 1 aliphatic rings. The minimum Gasteiger partial charge on any atom is -0.390 e. The van der Waals surface area contributed by atoms with E-state index in [1.165, 1.54) is 102 Å². The summed E-state index contributed by atoms with van der Waals surface area (Å²) in [6.45, 7) is 8.72. The molecule has 0 saturated carbocycles. The van der Waals surface area contributed by atoms with Crippen LogP contribution >= 0.6 is 0 Å². The number of rotatable bonds is 20. The molecule has 0 bridgehead atoms. The van der Waals surface area contributed by atoms with Crippen LogP contribution in [0.1, 0.15) is 117 Å². The lowest BCUT2D eigenvalue weighted by molar-refractivity contribution is -0.835. The zero-order valence-corrected chi connectivity index (χ0v) is 19.8. The van der Waals surface area contributed by atoms with Gasteiger partial charge in [0.25, 0.3) is 0 Å². The van der Waals surface area contributed by atoms with E-state index in [-0.39, 0.29) is 6.61 Å². The standard InChI is InChI=1S/C26H51N2O/c1-3-5-6-7-8-9-10-11-12-13-14-15-16-17-18-19-20-21-26-27-22-23-28(26,4-2)24-25-29/h5-6,29H,3-4,7-25H2,1-2H3/q+1/b6-5+. The number of amidine groups is 1. The monoisotopic (exact) mass is 407 g/mol. The van der Waals surface area contributed by atoms with Crippen LogP contribution in [0.2, 0.25) is 0 Å². The van der Waals surface area contributed by atoms with Gasteiger partial charge in [-0.25, -0.2) is 4.99 Å².